The summed E-state index contributed by atoms with van der Waals surface area (Å²) in [4.78, 5) is 26.7. The molecule has 8 atom stereocenters. The summed E-state index contributed by atoms with van der Waals surface area (Å²) in [7, 11) is 0. The van der Waals surface area contributed by atoms with Crippen molar-refractivity contribution in [1.82, 2.24) is 0 Å². The first-order chi connectivity index (χ1) is 14.1. The lowest BCUT2D eigenvalue weighted by Gasteiger charge is -2.39. The van der Waals surface area contributed by atoms with E-state index in [1.807, 2.05) is 0 Å². The van der Waals surface area contributed by atoms with E-state index in [1.165, 1.54) is 0 Å². The van der Waals surface area contributed by atoms with Crippen LogP contribution in [0.25, 0.3) is 0 Å². The molecule has 0 N–H and O–H groups in total. The van der Waals surface area contributed by atoms with Crippen LogP contribution in [-0.4, -0.2) is 82.1 Å². The molecule has 0 bridgehead atoms. The molecule has 5 fully saturated rings. The molecule has 5 saturated heterocycles. The van der Waals surface area contributed by atoms with Gasteiger partial charge in [-0.1, -0.05) is 0 Å². The van der Waals surface area contributed by atoms with E-state index in [4.69, 9.17) is 33.2 Å². The molecule has 0 radical (unpaired) electrons. The van der Waals surface area contributed by atoms with Crippen LogP contribution in [0.5, 0.6) is 0 Å². The van der Waals surface area contributed by atoms with E-state index in [2.05, 4.69) is 0 Å². The van der Waals surface area contributed by atoms with Gasteiger partial charge in [-0.3, -0.25) is 9.59 Å². The zero-order valence-electron chi connectivity index (χ0n) is 15.9. The van der Waals surface area contributed by atoms with Crippen LogP contribution < -0.4 is 0 Å². The van der Waals surface area contributed by atoms with E-state index in [9.17, 15) is 9.59 Å². The second-order valence-electron chi connectivity index (χ2n) is 8.76. The standard InChI is InChI=1S/C20H24O9/c21-18(27-8-12-6-25-12)16-14(1-10-4-23-10)17-15(29-17)3-20(16,2-11-5-24-11)19(22)28-9-13-7-26-13/h3,10-14,16-17H,1-2,4-9H2. The van der Waals surface area contributed by atoms with Gasteiger partial charge in [0.1, 0.15) is 36.6 Å². The minimum Gasteiger partial charge on any atom is -0.483 e. The molecule has 0 amide bonds. The molecule has 1 aliphatic carbocycles. The van der Waals surface area contributed by atoms with Gasteiger partial charge in [-0.05, 0) is 18.9 Å². The summed E-state index contributed by atoms with van der Waals surface area (Å²) in [5.41, 5.74) is -1.17. The van der Waals surface area contributed by atoms with Crippen molar-refractivity contribution in [3.63, 3.8) is 0 Å². The van der Waals surface area contributed by atoms with Crippen molar-refractivity contribution >= 4 is 11.9 Å². The van der Waals surface area contributed by atoms with E-state index >= 15 is 0 Å². The second kappa shape index (κ2) is 6.66. The van der Waals surface area contributed by atoms with Crippen molar-refractivity contribution in [3.05, 3.63) is 11.8 Å². The molecular formula is C20H24O9. The van der Waals surface area contributed by atoms with Gasteiger partial charge in [0.15, 0.2) is 6.10 Å². The Kier molecular flexibility index (Phi) is 4.16. The number of epoxide rings is 5. The fourth-order valence-electron chi connectivity index (χ4n) is 4.49. The third-order valence-corrected chi connectivity index (χ3v) is 6.41. The summed E-state index contributed by atoms with van der Waals surface area (Å²) < 4.78 is 38.2. The predicted octanol–water partition coefficient (Wildman–Crippen LogP) is -0.0367. The van der Waals surface area contributed by atoms with Crippen molar-refractivity contribution < 1.29 is 42.7 Å². The molecule has 8 unspecified atom stereocenters. The Labute approximate surface area is 167 Å². The van der Waals surface area contributed by atoms with E-state index < -0.39 is 23.3 Å². The van der Waals surface area contributed by atoms with E-state index in [0.717, 1.165) is 5.76 Å². The number of carbonyl (C=O) groups excluding carboxylic acids is 2. The molecular weight excluding hydrogens is 384 g/mol. The smallest absolute Gasteiger partial charge is 0.317 e. The van der Waals surface area contributed by atoms with Gasteiger partial charge in [0.25, 0.3) is 0 Å². The maximum absolute atomic E-state index is 13.4. The largest absolute Gasteiger partial charge is 0.483 e. The summed E-state index contributed by atoms with van der Waals surface area (Å²) in [6.45, 7) is 2.81. The first-order valence-electron chi connectivity index (χ1n) is 10.3. The lowest BCUT2D eigenvalue weighted by molar-refractivity contribution is -0.171. The molecule has 158 valence electrons. The zero-order valence-corrected chi connectivity index (χ0v) is 15.9. The highest BCUT2D eigenvalue weighted by Crippen LogP contribution is 2.57. The maximum Gasteiger partial charge on any atom is 0.317 e. The topological polar surface area (TPSA) is 115 Å². The highest BCUT2D eigenvalue weighted by Gasteiger charge is 2.65. The molecule has 5 aliphatic heterocycles. The zero-order chi connectivity index (χ0) is 19.6. The van der Waals surface area contributed by atoms with Crippen molar-refractivity contribution in [2.45, 2.75) is 43.4 Å². The molecule has 0 aromatic heterocycles. The molecule has 29 heavy (non-hydrogen) atoms. The number of esters is 2. The second-order valence-corrected chi connectivity index (χ2v) is 8.76. The Hall–Kier alpha value is -1.68. The van der Waals surface area contributed by atoms with Crippen LogP contribution in [0, 0.1) is 17.3 Å². The molecule has 6 aliphatic rings. The van der Waals surface area contributed by atoms with Crippen LogP contribution >= 0.6 is 0 Å². The third-order valence-electron chi connectivity index (χ3n) is 6.41. The van der Waals surface area contributed by atoms with Crippen LogP contribution in [0.4, 0.5) is 0 Å². The summed E-state index contributed by atoms with van der Waals surface area (Å²) in [6, 6.07) is 0. The molecule has 0 saturated carbocycles. The number of rotatable bonds is 10. The van der Waals surface area contributed by atoms with Gasteiger partial charge >= 0.3 is 11.9 Å². The lowest BCUT2D eigenvalue weighted by atomic mass is 9.61. The summed E-state index contributed by atoms with van der Waals surface area (Å²) in [6.07, 6.45) is 2.56. The fourth-order valence-corrected chi connectivity index (χ4v) is 4.49. The van der Waals surface area contributed by atoms with Gasteiger partial charge in [0.05, 0.1) is 44.6 Å². The Bertz CT molecular complexity index is 734. The average Bonchev–Trinajstić information content (AvgIpc) is 3.49. The number of carbonyl (C=O) groups is 2. The molecule has 0 spiro atoms. The minimum atomic E-state index is -1.17. The normalized spacial score (nSPS) is 45.2. The predicted molar refractivity (Wildman–Crippen MR) is 92.5 cm³/mol. The van der Waals surface area contributed by atoms with E-state index in [0.29, 0.717) is 39.3 Å². The average molecular weight is 408 g/mol. The molecule has 6 rings (SSSR count). The molecule has 0 aromatic carbocycles. The monoisotopic (exact) mass is 408 g/mol. The van der Waals surface area contributed by atoms with Crippen LogP contribution in [0.15, 0.2) is 11.8 Å². The van der Waals surface area contributed by atoms with Gasteiger partial charge in [-0.2, -0.15) is 0 Å². The maximum atomic E-state index is 13.4. The number of fused-ring (bicyclic) bond motifs is 1. The van der Waals surface area contributed by atoms with Crippen molar-refractivity contribution in [2.75, 3.05) is 39.6 Å². The van der Waals surface area contributed by atoms with Gasteiger partial charge in [-0.15, -0.1) is 0 Å². The van der Waals surface area contributed by atoms with Crippen LogP contribution in [0.2, 0.25) is 0 Å². The van der Waals surface area contributed by atoms with Crippen LogP contribution in [-0.2, 0) is 42.7 Å². The first-order valence-corrected chi connectivity index (χ1v) is 10.3. The molecule has 9 heteroatoms. The van der Waals surface area contributed by atoms with Gasteiger partial charge in [0, 0.05) is 5.92 Å². The minimum absolute atomic E-state index is 0.0452. The lowest BCUT2D eigenvalue weighted by Crippen LogP contribution is -2.51. The van der Waals surface area contributed by atoms with Crippen molar-refractivity contribution in [3.8, 4) is 0 Å². The van der Waals surface area contributed by atoms with E-state index in [1.54, 1.807) is 6.08 Å². The van der Waals surface area contributed by atoms with Gasteiger partial charge in [-0.25, -0.2) is 0 Å². The van der Waals surface area contributed by atoms with Crippen molar-refractivity contribution in [1.29, 1.82) is 0 Å². The quantitative estimate of drug-likeness (QED) is 0.363. The SMILES string of the molecule is O=C(OCC1CO1)C1C(CC2CO2)C2OC2=CC1(CC1CO1)C(=O)OCC1CO1. The molecule has 9 nitrogen and oxygen atoms in total. The Morgan fingerprint density at radius 3 is 2.17 bits per heavy atom. The molecule has 5 heterocycles. The fraction of sp³-hybridized carbons (Fsp3) is 0.800. The first kappa shape index (κ1) is 18.1. The number of hydrogen-bond donors (Lipinski definition) is 0. The summed E-state index contributed by atoms with van der Waals surface area (Å²) in [5.74, 6) is -0.990. The van der Waals surface area contributed by atoms with Gasteiger partial charge < -0.3 is 33.2 Å². The van der Waals surface area contributed by atoms with Crippen LogP contribution in [0.3, 0.4) is 0 Å². The van der Waals surface area contributed by atoms with Crippen LogP contribution in [0.1, 0.15) is 12.8 Å². The van der Waals surface area contributed by atoms with E-state index in [-0.39, 0.29) is 49.7 Å². The summed E-state index contributed by atoms with van der Waals surface area (Å²) in [5, 5.41) is 0. The molecule has 0 aromatic rings. The van der Waals surface area contributed by atoms with Crippen molar-refractivity contribution in [2.24, 2.45) is 17.3 Å². The van der Waals surface area contributed by atoms with Gasteiger partial charge in [0.2, 0.25) is 0 Å². The third kappa shape index (κ3) is 3.76. The highest BCUT2D eigenvalue weighted by molar-refractivity contribution is 5.88. The number of hydrogen-bond acceptors (Lipinski definition) is 9. The number of ether oxygens (including phenoxy) is 7. The Balaban J connectivity index is 1.31. The highest BCUT2D eigenvalue weighted by atomic mass is 16.6. The Morgan fingerprint density at radius 1 is 0.931 bits per heavy atom. The Morgan fingerprint density at radius 2 is 1.55 bits per heavy atom. The summed E-state index contributed by atoms with van der Waals surface area (Å²) >= 11 is 0.